The number of hydrogen-bond acceptors (Lipinski definition) is 4. The average Bonchev–Trinajstić information content (AvgIpc) is 2.27. The lowest BCUT2D eigenvalue weighted by molar-refractivity contribution is 0.410. The van der Waals surface area contributed by atoms with Crippen molar-refractivity contribution in [1.82, 2.24) is 9.97 Å². The Labute approximate surface area is 96.7 Å². The third-order valence-corrected chi connectivity index (χ3v) is 3.19. The van der Waals surface area contributed by atoms with Gasteiger partial charge >= 0.3 is 0 Å². The van der Waals surface area contributed by atoms with E-state index in [1.54, 1.807) is 6.20 Å². The topological polar surface area (TPSA) is 63.8 Å². The molecule has 0 aliphatic heterocycles. The van der Waals surface area contributed by atoms with E-state index in [4.69, 9.17) is 5.73 Å². The number of rotatable bonds is 2. The van der Waals surface area contributed by atoms with Gasteiger partial charge in [0.15, 0.2) is 0 Å². The first-order valence-corrected chi connectivity index (χ1v) is 5.97. The molecule has 1 aromatic rings. The molecule has 4 heteroatoms. The molecular formula is C12H20N4. The Morgan fingerprint density at radius 2 is 1.94 bits per heavy atom. The molecular weight excluding hydrogens is 200 g/mol. The van der Waals surface area contributed by atoms with Crippen LogP contribution in [0.1, 0.15) is 37.1 Å². The van der Waals surface area contributed by atoms with Gasteiger partial charge in [-0.15, -0.1) is 0 Å². The molecule has 0 radical (unpaired) electrons. The van der Waals surface area contributed by atoms with Gasteiger partial charge in [-0.3, -0.25) is 4.98 Å². The summed E-state index contributed by atoms with van der Waals surface area (Å²) < 4.78 is 0. The van der Waals surface area contributed by atoms with Crippen LogP contribution in [0.25, 0.3) is 0 Å². The zero-order valence-electron chi connectivity index (χ0n) is 10.0. The summed E-state index contributed by atoms with van der Waals surface area (Å²) in [6, 6.07) is 0.900. The molecule has 4 nitrogen and oxygen atoms in total. The monoisotopic (exact) mass is 220 g/mol. The lowest BCUT2D eigenvalue weighted by atomic mass is 9.92. The Bertz CT molecular complexity index is 356. The summed E-state index contributed by atoms with van der Waals surface area (Å²) in [6.07, 6.45) is 6.29. The van der Waals surface area contributed by atoms with E-state index in [2.05, 4.69) is 15.3 Å². The van der Waals surface area contributed by atoms with Crippen LogP contribution >= 0.6 is 0 Å². The van der Waals surface area contributed by atoms with Gasteiger partial charge in [0.05, 0.1) is 11.4 Å². The van der Waals surface area contributed by atoms with Crippen molar-refractivity contribution < 1.29 is 0 Å². The molecule has 1 heterocycles. The van der Waals surface area contributed by atoms with E-state index in [-0.39, 0.29) is 0 Å². The van der Waals surface area contributed by atoms with Gasteiger partial charge < -0.3 is 11.1 Å². The maximum atomic E-state index is 5.89. The molecule has 16 heavy (non-hydrogen) atoms. The van der Waals surface area contributed by atoms with Gasteiger partial charge in [-0.05, 0) is 39.5 Å². The summed E-state index contributed by atoms with van der Waals surface area (Å²) in [5.41, 5.74) is 7.82. The third-order valence-electron chi connectivity index (χ3n) is 3.19. The van der Waals surface area contributed by atoms with Gasteiger partial charge in [0.2, 0.25) is 0 Å². The summed E-state index contributed by atoms with van der Waals surface area (Å²) in [4.78, 5) is 8.79. The van der Waals surface area contributed by atoms with Crippen molar-refractivity contribution in [3.8, 4) is 0 Å². The number of hydrogen-bond donors (Lipinski definition) is 2. The van der Waals surface area contributed by atoms with Gasteiger partial charge in [-0.1, -0.05) is 0 Å². The van der Waals surface area contributed by atoms with E-state index in [0.717, 1.165) is 42.9 Å². The summed E-state index contributed by atoms with van der Waals surface area (Å²) in [5.74, 6) is 0.931. The second-order valence-corrected chi connectivity index (χ2v) is 4.70. The van der Waals surface area contributed by atoms with Gasteiger partial charge in [-0.2, -0.15) is 0 Å². The fourth-order valence-electron chi connectivity index (χ4n) is 2.13. The summed E-state index contributed by atoms with van der Waals surface area (Å²) in [5, 5.41) is 3.48. The second-order valence-electron chi connectivity index (χ2n) is 4.70. The van der Waals surface area contributed by atoms with Crippen molar-refractivity contribution in [2.75, 3.05) is 5.32 Å². The van der Waals surface area contributed by atoms with Crippen molar-refractivity contribution in [2.45, 2.75) is 51.6 Å². The number of aromatic nitrogens is 2. The van der Waals surface area contributed by atoms with Crippen molar-refractivity contribution in [3.05, 3.63) is 17.6 Å². The SMILES string of the molecule is Cc1cnc(C)c(NC2CCC(N)CC2)n1. The average molecular weight is 220 g/mol. The van der Waals surface area contributed by atoms with Crippen LogP contribution < -0.4 is 11.1 Å². The van der Waals surface area contributed by atoms with Crippen molar-refractivity contribution >= 4 is 5.82 Å². The van der Waals surface area contributed by atoms with Gasteiger partial charge in [0.25, 0.3) is 0 Å². The molecule has 0 amide bonds. The Morgan fingerprint density at radius 1 is 1.25 bits per heavy atom. The standard InChI is InChI=1S/C12H20N4/c1-8-7-14-9(2)12(15-8)16-11-5-3-10(13)4-6-11/h7,10-11H,3-6,13H2,1-2H3,(H,15,16). The van der Waals surface area contributed by atoms with Crippen LogP contribution in [0.2, 0.25) is 0 Å². The molecule has 1 aliphatic rings. The van der Waals surface area contributed by atoms with Crippen molar-refractivity contribution in [2.24, 2.45) is 5.73 Å². The fourth-order valence-corrected chi connectivity index (χ4v) is 2.13. The van der Waals surface area contributed by atoms with E-state index >= 15 is 0 Å². The minimum absolute atomic E-state index is 0.391. The molecule has 1 aromatic heterocycles. The number of nitrogens with one attached hydrogen (secondary N) is 1. The van der Waals surface area contributed by atoms with Crippen LogP contribution in [0.3, 0.4) is 0 Å². The lowest BCUT2D eigenvalue weighted by Crippen LogP contribution is -2.33. The normalized spacial score (nSPS) is 25.4. The largest absolute Gasteiger partial charge is 0.366 e. The van der Waals surface area contributed by atoms with Crippen molar-refractivity contribution in [1.29, 1.82) is 0 Å². The molecule has 88 valence electrons. The van der Waals surface area contributed by atoms with Crippen LogP contribution in [0.5, 0.6) is 0 Å². The Hall–Kier alpha value is -1.16. The maximum Gasteiger partial charge on any atom is 0.147 e. The molecule has 2 rings (SSSR count). The predicted molar refractivity (Wildman–Crippen MR) is 65.4 cm³/mol. The molecule has 0 spiro atoms. The molecule has 1 saturated carbocycles. The van der Waals surface area contributed by atoms with Crippen LogP contribution in [0.4, 0.5) is 5.82 Å². The molecule has 0 atom stereocenters. The summed E-state index contributed by atoms with van der Waals surface area (Å²) in [7, 11) is 0. The van der Waals surface area contributed by atoms with E-state index < -0.39 is 0 Å². The predicted octanol–water partition coefficient (Wildman–Crippen LogP) is 1.78. The minimum Gasteiger partial charge on any atom is -0.366 e. The molecule has 1 fully saturated rings. The third kappa shape index (κ3) is 2.70. The van der Waals surface area contributed by atoms with Crippen molar-refractivity contribution in [3.63, 3.8) is 0 Å². The Kier molecular flexibility index (Phi) is 3.39. The number of anilines is 1. The summed E-state index contributed by atoms with van der Waals surface area (Å²) >= 11 is 0. The zero-order chi connectivity index (χ0) is 11.5. The van der Waals surface area contributed by atoms with Crippen LogP contribution in [0, 0.1) is 13.8 Å². The number of nitrogens with two attached hydrogens (primary N) is 1. The minimum atomic E-state index is 0.391. The highest BCUT2D eigenvalue weighted by Crippen LogP contribution is 2.21. The molecule has 0 saturated heterocycles. The Morgan fingerprint density at radius 3 is 2.62 bits per heavy atom. The van der Waals surface area contributed by atoms with E-state index in [1.807, 2.05) is 13.8 Å². The summed E-state index contributed by atoms with van der Waals surface area (Å²) in [6.45, 7) is 3.96. The quantitative estimate of drug-likeness (QED) is 0.797. The highest BCUT2D eigenvalue weighted by molar-refractivity contribution is 5.40. The maximum absolute atomic E-state index is 5.89. The van der Waals surface area contributed by atoms with Crippen LogP contribution in [-0.4, -0.2) is 22.1 Å². The fraction of sp³-hybridized carbons (Fsp3) is 0.667. The van der Waals surface area contributed by atoms with Crippen LogP contribution in [-0.2, 0) is 0 Å². The van der Waals surface area contributed by atoms with E-state index in [1.165, 1.54) is 0 Å². The molecule has 0 unspecified atom stereocenters. The second kappa shape index (κ2) is 4.78. The first-order valence-electron chi connectivity index (χ1n) is 5.97. The van der Waals surface area contributed by atoms with E-state index in [9.17, 15) is 0 Å². The van der Waals surface area contributed by atoms with E-state index in [0.29, 0.717) is 12.1 Å². The zero-order valence-corrected chi connectivity index (χ0v) is 10.0. The molecule has 0 bridgehead atoms. The molecule has 1 aliphatic carbocycles. The van der Waals surface area contributed by atoms with Gasteiger partial charge in [0, 0.05) is 18.3 Å². The highest BCUT2D eigenvalue weighted by Gasteiger charge is 2.19. The van der Waals surface area contributed by atoms with Gasteiger partial charge in [0.1, 0.15) is 5.82 Å². The van der Waals surface area contributed by atoms with Crippen LogP contribution in [0.15, 0.2) is 6.20 Å². The number of aryl methyl sites for hydroxylation is 2. The molecule has 3 N–H and O–H groups in total. The number of nitrogens with zero attached hydrogens (tertiary/aromatic N) is 2. The first kappa shape index (κ1) is 11.3. The Balaban J connectivity index is 2.00. The highest BCUT2D eigenvalue weighted by atomic mass is 15.0. The smallest absolute Gasteiger partial charge is 0.147 e. The molecule has 0 aromatic carbocycles. The first-order chi connectivity index (χ1) is 7.65. The lowest BCUT2D eigenvalue weighted by Gasteiger charge is -2.27. The van der Waals surface area contributed by atoms with Gasteiger partial charge in [-0.25, -0.2) is 4.98 Å².